The lowest BCUT2D eigenvalue weighted by Crippen LogP contribution is -2.56. The van der Waals surface area contributed by atoms with E-state index in [9.17, 15) is 14.7 Å². The van der Waals surface area contributed by atoms with Crippen LogP contribution in [-0.4, -0.2) is 64.0 Å². The van der Waals surface area contributed by atoms with Gasteiger partial charge in [0.25, 0.3) is 0 Å². The third-order valence-electron chi connectivity index (χ3n) is 7.41. The Hall–Kier alpha value is -3.89. The van der Waals surface area contributed by atoms with Crippen molar-refractivity contribution in [1.82, 2.24) is 15.2 Å². The summed E-state index contributed by atoms with van der Waals surface area (Å²) >= 11 is 0. The van der Waals surface area contributed by atoms with Crippen molar-refractivity contribution >= 4 is 18.2 Å². The zero-order valence-corrected chi connectivity index (χ0v) is 24.1. The van der Waals surface area contributed by atoms with E-state index in [-0.39, 0.29) is 43.1 Å². The van der Waals surface area contributed by atoms with Crippen LogP contribution in [0.5, 0.6) is 0 Å². The molecule has 1 saturated carbocycles. The molecule has 1 heterocycles. The average Bonchev–Trinajstić information content (AvgIpc) is 3.71. The van der Waals surface area contributed by atoms with Gasteiger partial charge in [0, 0.05) is 36.8 Å². The molecule has 2 aliphatic rings. The molecule has 41 heavy (non-hydrogen) atoms. The SMILES string of the molecule is CC(Cc1ccc(-c2ccccc2)cc1)NC(=O)C1CC(O)CN1C(=O)C(C(C)C)N(N)/C=C(\N)C1CC1.NC=O. The molecule has 3 amide bonds. The summed E-state index contributed by atoms with van der Waals surface area (Å²) in [6, 6.07) is 16.9. The van der Waals surface area contributed by atoms with Crippen molar-refractivity contribution in [3.05, 3.63) is 72.1 Å². The monoisotopic (exact) mass is 564 g/mol. The Morgan fingerprint density at radius 2 is 1.66 bits per heavy atom. The van der Waals surface area contributed by atoms with Crippen molar-refractivity contribution in [3.63, 3.8) is 0 Å². The number of allylic oxidation sites excluding steroid dienone is 1. The molecule has 4 unspecified atom stereocenters. The van der Waals surface area contributed by atoms with Gasteiger partial charge in [-0.3, -0.25) is 14.4 Å². The summed E-state index contributed by atoms with van der Waals surface area (Å²) in [6.45, 7) is 5.88. The lowest BCUT2D eigenvalue weighted by Gasteiger charge is -2.34. The number of β-amino-alcohol motifs (C(OH)–C–C–N with tert-alkyl or cyclic N) is 1. The highest BCUT2D eigenvalue weighted by atomic mass is 16.3. The van der Waals surface area contributed by atoms with Gasteiger partial charge in [-0.05, 0) is 48.8 Å². The average molecular weight is 565 g/mol. The first-order chi connectivity index (χ1) is 19.5. The van der Waals surface area contributed by atoms with Gasteiger partial charge in [-0.15, -0.1) is 0 Å². The van der Waals surface area contributed by atoms with Gasteiger partial charge in [-0.2, -0.15) is 0 Å². The fourth-order valence-corrected chi connectivity index (χ4v) is 5.21. The highest BCUT2D eigenvalue weighted by Crippen LogP contribution is 2.34. The number of primary amides is 1. The third kappa shape index (κ3) is 8.80. The Balaban J connectivity index is 0.00000147. The van der Waals surface area contributed by atoms with Gasteiger partial charge >= 0.3 is 0 Å². The number of carbonyl (C=O) groups is 3. The van der Waals surface area contributed by atoms with Gasteiger partial charge in [-0.1, -0.05) is 68.4 Å². The van der Waals surface area contributed by atoms with Gasteiger partial charge < -0.3 is 31.8 Å². The van der Waals surface area contributed by atoms with Gasteiger partial charge in [0.1, 0.15) is 12.1 Å². The maximum Gasteiger partial charge on any atom is 0.247 e. The Morgan fingerprint density at radius 3 is 2.22 bits per heavy atom. The van der Waals surface area contributed by atoms with E-state index >= 15 is 0 Å². The second-order valence-electron chi connectivity index (χ2n) is 11.2. The molecule has 2 aromatic rings. The molecular formula is C31H44N6O4. The normalized spacial score (nSPS) is 20.0. The molecule has 1 aliphatic heterocycles. The molecule has 8 N–H and O–H groups in total. The standard InChI is InChI=1S/C30H41N5O3.CH3NO/c1-19(2)28(35(32)18-26(31)24-13-14-24)30(38)34-17-25(36)16-27(34)29(37)33-20(3)15-21-9-11-23(12-10-21)22-7-5-4-6-8-22;2-1-3/h4-12,18-20,24-25,27-28,36H,13-17,31-32H2,1-3H3,(H,33,37);1H,(H2,2,3)/b26-18-;. The number of hydrogen-bond acceptors (Lipinski definition) is 7. The van der Waals surface area contributed by atoms with Crippen LogP contribution in [-0.2, 0) is 20.8 Å². The number of nitrogens with two attached hydrogens (primary N) is 3. The molecule has 0 radical (unpaired) electrons. The summed E-state index contributed by atoms with van der Waals surface area (Å²) in [7, 11) is 0. The molecular weight excluding hydrogens is 520 g/mol. The number of carbonyl (C=O) groups excluding carboxylic acids is 3. The van der Waals surface area contributed by atoms with E-state index in [1.807, 2.05) is 39.0 Å². The number of benzene rings is 2. The maximum atomic E-state index is 13.6. The molecule has 1 saturated heterocycles. The maximum absolute atomic E-state index is 13.6. The largest absolute Gasteiger partial charge is 0.401 e. The molecule has 222 valence electrons. The fourth-order valence-electron chi connectivity index (χ4n) is 5.21. The molecule has 10 heteroatoms. The highest BCUT2D eigenvalue weighted by Gasteiger charge is 2.43. The van der Waals surface area contributed by atoms with Gasteiger partial charge in [-0.25, -0.2) is 5.84 Å². The van der Waals surface area contributed by atoms with Crippen molar-refractivity contribution in [2.24, 2.45) is 29.1 Å². The number of aliphatic hydroxyl groups is 1. The summed E-state index contributed by atoms with van der Waals surface area (Å²) in [5.74, 6) is 5.96. The van der Waals surface area contributed by atoms with E-state index in [0.717, 1.165) is 29.5 Å². The minimum atomic E-state index is -0.762. The van der Waals surface area contributed by atoms with Crippen LogP contribution < -0.4 is 22.6 Å². The number of hydrogen-bond donors (Lipinski definition) is 5. The number of rotatable bonds is 10. The quantitative estimate of drug-likeness (QED) is 0.167. The molecule has 1 aliphatic carbocycles. The Labute approximate surface area is 242 Å². The molecule has 2 aromatic carbocycles. The lowest BCUT2D eigenvalue weighted by atomic mass is 10.0. The molecule has 0 bridgehead atoms. The van der Waals surface area contributed by atoms with Crippen LogP contribution in [0.2, 0.25) is 0 Å². The van der Waals surface area contributed by atoms with Crippen LogP contribution in [0, 0.1) is 11.8 Å². The molecule has 2 fully saturated rings. The molecule has 10 nitrogen and oxygen atoms in total. The topological polar surface area (TPSA) is 168 Å². The smallest absolute Gasteiger partial charge is 0.247 e. The molecule has 4 rings (SSSR count). The summed E-state index contributed by atoms with van der Waals surface area (Å²) in [5.41, 5.74) is 14.4. The van der Waals surface area contributed by atoms with Crippen molar-refractivity contribution in [2.75, 3.05) is 6.54 Å². The second-order valence-corrected chi connectivity index (χ2v) is 11.2. The van der Waals surface area contributed by atoms with E-state index in [0.29, 0.717) is 18.0 Å². The van der Waals surface area contributed by atoms with E-state index in [4.69, 9.17) is 16.4 Å². The first-order valence-corrected chi connectivity index (χ1v) is 14.1. The molecule has 0 aromatic heterocycles. The lowest BCUT2D eigenvalue weighted by molar-refractivity contribution is -0.143. The van der Waals surface area contributed by atoms with Crippen LogP contribution in [0.3, 0.4) is 0 Å². The van der Waals surface area contributed by atoms with Gasteiger partial charge in [0.05, 0.1) is 6.10 Å². The van der Waals surface area contributed by atoms with Crippen LogP contribution in [0.4, 0.5) is 0 Å². The zero-order valence-electron chi connectivity index (χ0n) is 24.1. The summed E-state index contributed by atoms with van der Waals surface area (Å²) in [5, 5.41) is 14.8. The van der Waals surface area contributed by atoms with E-state index in [2.05, 4.69) is 47.4 Å². The Kier molecular flexibility index (Phi) is 11.3. The number of aliphatic hydroxyl groups excluding tert-OH is 1. The third-order valence-corrected chi connectivity index (χ3v) is 7.41. The first kappa shape index (κ1) is 31.6. The van der Waals surface area contributed by atoms with Crippen molar-refractivity contribution < 1.29 is 19.5 Å². The number of hydrazine groups is 1. The minimum absolute atomic E-state index is 0.102. The van der Waals surface area contributed by atoms with Crippen LogP contribution in [0.25, 0.3) is 11.1 Å². The predicted octanol–water partition coefficient (Wildman–Crippen LogP) is 1.87. The van der Waals surface area contributed by atoms with Crippen molar-refractivity contribution in [1.29, 1.82) is 0 Å². The summed E-state index contributed by atoms with van der Waals surface area (Å²) < 4.78 is 0. The predicted molar refractivity (Wildman–Crippen MR) is 159 cm³/mol. The summed E-state index contributed by atoms with van der Waals surface area (Å²) in [6.07, 6.45) is 4.05. The fraction of sp³-hybridized carbons (Fsp3) is 0.452. The number of likely N-dealkylation sites (tertiary alicyclic amines) is 1. The van der Waals surface area contributed by atoms with Crippen molar-refractivity contribution in [3.8, 4) is 11.1 Å². The zero-order chi connectivity index (χ0) is 30.1. The Morgan fingerprint density at radius 1 is 1.07 bits per heavy atom. The Bertz CT molecular complexity index is 1180. The van der Waals surface area contributed by atoms with E-state index in [1.165, 1.54) is 9.91 Å². The van der Waals surface area contributed by atoms with Gasteiger partial charge in [0.15, 0.2) is 0 Å². The number of nitrogens with one attached hydrogen (secondary N) is 1. The first-order valence-electron chi connectivity index (χ1n) is 14.1. The van der Waals surface area contributed by atoms with Gasteiger partial charge in [0.2, 0.25) is 18.2 Å². The summed E-state index contributed by atoms with van der Waals surface area (Å²) in [4.78, 5) is 37.0. The number of amides is 3. The molecule has 0 spiro atoms. The van der Waals surface area contributed by atoms with Crippen LogP contribution in [0.1, 0.15) is 45.6 Å². The van der Waals surface area contributed by atoms with Crippen LogP contribution >= 0.6 is 0 Å². The second kappa shape index (κ2) is 14.7. The molecule has 4 atom stereocenters. The minimum Gasteiger partial charge on any atom is -0.401 e. The number of nitrogens with zero attached hydrogens (tertiary/aromatic N) is 2. The van der Waals surface area contributed by atoms with E-state index < -0.39 is 18.2 Å². The highest BCUT2D eigenvalue weighted by molar-refractivity contribution is 5.91. The van der Waals surface area contributed by atoms with Crippen molar-refractivity contribution in [2.45, 2.75) is 70.7 Å². The van der Waals surface area contributed by atoms with Crippen LogP contribution in [0.15, 0.2) is 66.5 Å². The van der Waals surface area contributed by atoms with E-state index in [1.54, 1.807) is 6.20 Å².